The molecule has 1 aliphatic carbocycles. The van der Waals surface area contributed by atoms with Crippen LogP contribution in [-0.4, -0.2) is 73.4 Å². The van der Waals surface area contributed by atoms with Crippen molar-refractivity contribution in [3.63, 3.8) is 0 Å². The molecule has 44 heavy (non-hydrogen) atoms. The Hall–Kier alpha value is -2.91. The quantitative estimate of drug-likeness (QED) is 0.203. The van der Waals surface area contributed by atoms with Gasteiger partial charge in [-0.15, -0.1) is 10.8 Å². The third-order valence-electron chi connectivity index (χ3n) is 9.28. The first-order valence-corrected chi connectivity index (χ1v) is 16.4. The molecular formula is C30H38F4N4O5S. The molecule has 2 saturated heterocycles. The number of anilines is 1. The van der Waals surface area contributed by atoms with Gasteiger partial charge in [0.1, 0.15) is 17.7 Å². The maximum atomic E-state index is 15.3. The monoisotopic (exact) mass is 642 g/mol. The lowest BCUT2D eigenvalue weighted by Gasteiger charge is -2.49. The van der Waals surface area contributed by atoms with Crippen molar-refractivity contribution in [2.24, 2.45) is 0 Å². The van der Waals surface area contributed by atoms with Gasteiger partial charge in [0.05, 0.1) is 5.75 Å². The summed E-state index contributed by atoms with van der Waals surface area (Å²) >= 11 is 0. The predicted molar refractivity (Wildman–Crippen MR) is 159 cm³/mol. The Morgan fingerprint density at radius 1 is 1.07 bits per heavy atom. The first-order chi connectivity index (χ1) is 20.8. The molecule has 242 valence electrons. The van der Waals surface area contributed by atoms with Gasteiger partial charge in [-0.25, -0.2) is 26.7 Å². The highest BCUT2D eigenvalue weighted by molar-refractivity contribution is 8.22. The second-order valence-electron chi connectivity index (χ2n) is 12.0. The molecule has 6 N–H and O–H groups in total. The number of carbonyl (C=O) groups excluding carboxylic acids is 1. The molecule has 5 rings (SSSR count). The van der Waals surface area contributed by atoms with Crippen LogP contribution in [0.4, 0.5) is 28.0 Å². The Balaban J connectivity index is 1.41. The molecule has 2 heterocycles. The van der Waals surface area contributed by atoms with E-state index in [2.05, 4.69) is 16.0 Å². The van der Waals surface area contributed by atoms with Crippen molar-refractivity contribution < 1.29 is 41.4 Å². The van der Waals surface area contributed by atoms with Gasteiger partial charge in [0.2, 0.25) is 11.8 Å². The number of fused-ring (bicyclic) bond motifs is 2. The van der Waals surface area contributed by atoms with Crippen LogP contribution in [0, 0.1) is 11.6 Å². The van der Waals surface area contributed by atoms with Crippen LogP contribution in [0.2, 0.25) is 0 Å². The third kappa shape index (κ3) is 6.99. The Morgan fingerprint density at radius 3 is 2.45 bits per heavy atom. The van der Waals surface area contributed by atoms with Crippen LogP contribution in [0.25, 0.3) is 0 Å². The Labute approximate surface area is 254 Å². The molecule has 0 spiro atoms. The molecule has 0 aromatic heterocycles. The minimum atomic E-state index is -3.01. The zero-order chi connectivity index (χ0) is 31.7. The number of nitrogens with zero attached hydrogens (tertiary/aromatic N) is 1. The lowest BCUT2D eigenvalue weighted by Crippen LogP contribution is -2.58. The molecule has 2 aliphatic heterocycles. The number of carbonyl (C=O) groups is 2. The number of benzene rings is 2. The van der Waals surface area contributed by atoms with Crippen molar-refractivity contribution in [1.82, 2.24) is 14.9 Å². The van der Waals surface area contributed by atoms with Crippen LogP contribution in [0.5, 0.6) is 0 Å². The van der Waals surface area contributed by atoms with E-state index in [0.717, 1.165) is 18.6 Å². The molecule has 3 aliphatic rings. The lowest BCUT2D eigenvalue weighted by molar-refractivity contribution is -0.122. The van der Waals surface area contributed by atoms with Crippen molar-refractivity contribution in [2.45, 2.75) is 80.8 Å². The van der Waals surface area contributed by atoms with Crippen LogP contribution < -0.4 is 16.0 Å². The number of alkyl halides is 2. The zero-order valence-corrected chi connectivity index (χ0v) is 24.9. The minimum Gasteiger partial charge on any atom is -0.465 e. The molecule has 2 bridgehead atoms. The molecule has 2 unspecified atom stereocenters. The van der Waals surface area contributed by atoms with E-state index in [4.69, 9.17) is 0 Å². The molecule has 9 nitrogen and oxygen atoms in total. The number of amides is 2. The summed E-state index contributed by atoms with van der Waals surface area (Å²) in [6.07, 6.45) is -1.30. The van der Waals surface area contributed by atoms with Gasteiger partial charge in [-0.2, -0.15) is 0 Å². The van der Waals surface area contributed by atoms with Crippen molar-refractivity contribution in [2.75, 3.05) is 24.2 Å². The summed E-state index contributed by atoms with van der Waals surface area (Å²) in [5.74, 6) is -4.79. The second-order valence-corrected chi connectivity index (χ2v) is 14.2. The highest BCUT2D eigenvalue weighted by Crippen LogP contribution is 2.50. The summed E-state index contributed by atoms with van der Waals surface area (Å²) in [5.41, 5.74) is -0.847. The van der Waals surface area contributed by atoms with Gasteiger partial charge in [0.25, 0.3) is 0 Å². The lowest BCUT2D eigenvalue weighted by atomic mass is 9.63. The van der Waals surface area contributed by atoms with Gasteiger partial charge >= 0.3 is 6.09 Å². The topological polar surface area (TPSA) is 134 Å². The Bertz CT molecular complexity index is 1360. The van der Waals surface area contributed by atoms with E-state index in [9.17, 15) is 37.0 Å². The fraction of sp³-hybridized carbons (Fsp3) is 0.533. The average molecular weight is 643 g/mol. The van der Waals surface area contributed by atoms with Gasteiger partial charge in [0.15, 0.2) is 0 Å². The van der Waals surface area contributed by atoms with E-state index in [1.165, 1.54) is 30.3 Å². The molecule has 3 fully saturated rings. The fourth-order valence-electron chi connectivity index (χ4n) is 6.89. The molecule has 2 aromatic carbocycles. The molecule has 2 aromatic rings. The number of carboxylic acid groups (broad SMARTS) is 1. The van der Waals surface area contributed by atoms with Crippen LogP contribution in [0.15, 0.2) is 42.5 Å². The normalized spacial score (nSPS) is 26.9. The highest BCUT2D eigenvalue weighted by Gasteiger charge is 2.51. The van der Waals surface area contributed by atoms with Gasteiger partial charge in [-0.3, -0.25) is 13.9 Å². The second kappa shape index (κ2) is 12.8. The number of halogens is 4. The van der Waals surface area contributed by atoms with Crippen molar-refractivity contribution in [3.05, 3.63) is 65.2 Å². The summed E-state index contributed by atoms with van der Waals surface area (Å²) in [7, 11) is -2.97. The predicted octanol–water partition coefficient (Wildman–Crippen LogP) is 5.72. The standard InChI is InChI=1S/C30H38F4N4O5S/c31-20-8-6-19(7-9-20)29(12-14-30(33,34)15-13-29)26(37-28(40)41)27(39)36-25-5-1-4-24(32)23(25)11-10-22-17-35-21-3-2-16-44(42,43)38(22)18-21/h1,4-9,21-22,26,35,37,42-43H,2-3,10-18H2,(H,36,39)(H,40,41)/t21?,22-,26+/m0/s1. The van der Waals surface area contributed by atoms with Gasteiger partial charge in [-0.1, -0.05) is 18.2 Å². The number of hydrogen-bond donors (Lipinski definition) is 6. The number of hydrogen-bond acceptors (Lipinski definition) is 6. The molecule has 2 amide bonds. The Kier molecular flexibility index (Phi) is 9.47. The fourth-order valence-corrected chi connectivity index (χ4v) is 8.75. The van der Waals surface area contributed by atoms with E-state index in [1.807, 2.05) is 0 Å². The SMILES string of the molecule is O=C(O)N[C@H](C(=O)Nc1cccc(F)c1CC[C@H]1CNC2CCCS(O)(O)N1C2)C1(c2ccc(F)cc2)CCC(F)(F)CC1. The van der Waals surface area contributed by atoms with Crippen molar-refractivity contribution >= 4 is 28.5 Å². The Morgan fingerprint density at radius 2 is 1.77 bits per heavy atom. The first-order valence-electron chi connectivity index (χ1n) is 14.8. The number of piperazine rings is 1. The number of nitrogens with one attached hydrogen (secondary N) is 3. The van der Waals surface area contributed by atoms with Gasteiger partial charge in [-0.05, 0) is 68.4 Å². The first kappa shape index (κ1) is 32.5. The van der Waals surface area contributed by atoms with E-state index in [0.29, 0.717) is 31.5 Å². The summed E-state index contributed by atoms with van der Waals surface area (Å²) < 4.78 is 80.9. The molecule has 4 atom stereocenters. The van der Waals surface area contributed by atoms with E-state index >= 15 is 4.39 Å². The average Bonchev–Trinajstić information content (AvgIpc) is 3.08. The molecule has 0 radical (unpaired) electrons. The summed E-state index contributed by atoms with van der Waals surface area (Å²) in [6.45, 7) is 0.938. The largest absolute Gasteiger partial charge is 0.465 e. The molecule has 1 saturated carbocycles. The van der Waals surface area contributed by atoms with E-state index in [-0.39, 0.29) is 48.3 Å². The number of rotatable bonds is 8. The third-order valence-corrected chi connectivity index (χ3v) is 11.3. The van der Waals surface area contributed by atoms with Crippen molar-refractivity contribution in [1.29, 1.82) is 0 Å². The van der Waals surface area contributed by atoms with E-state index in [1.54, 1.807) is 4.31 Å². The van der Waals surface area contributed by atoms with Gasteiger partial charge < -0.3 is 21.1 Å². The van der Waals surface area contributed by atoms with Crippen LogP contribution in [0.1, 0.15) is 56.1 Å². The maximum Gasteiger partial charge on any atom is 0.405 e. The summed E-state index contributed by atoms with van der Waals surface area (Å²) in [6, 6.07) is 7.37. The smallest absolute Gasteiger partial charge is 0.405 e. The minimum absolute atomic E-state index is 0.0895. The highest BCUT2D eigenvalue weighted by atomic mass is 32.3. The molecule has 14 heteroatoms. The summed E-state index contributed by atoms with van der Waals surface area (Å²) in [5, 5.41) is 18.0. The zero-order valence-electron chi connectivity index (χ0n) is 24.1. The van der Waals surface area contributed by atoms with Crippen LogP contribution in [-0.2, 0) is 16.6 Å². The van der Waals surface area contributed by atoms with Crippen LogP contribution in [0.3, 0.4) is 0 Å². The molecular weight excluding hydrogens is 604 g/mol. The summed E-state index contributed by atoms with van der Waals surface area (Å²) in [4.78, 5) is 25.8. The van der Waals surface area contributed by atoms with Crippen molar-refractivity contribution in [3.8, 4) is 0 Å². The van der Waals surface area contributed by atoms with Gasteiger partial charge in [0, 0.05) is 54.7 Å². The maximum absolute atomic E-state index is 15.3. The van der Waals surface area contributed by atoms with E-state index < -0.39 is 64.6 Å². The van der Waals surface area contributed by atoms with Crippen LogP contribution >= 0.6 is 10.8 Å².